The summed E-state index contributed by atoms with van der Waals surface area (Å²) < 4.78 is 0. The first-order valence-electron chi connectivity index (χ1n) is 11.7. The molecule has 0 atom stereocenters. The van der Waals surface area contributed by atoms with Crippen molar-refractivity contribution in [3.8, 4) is 5.75 Å². The monoisotopic (exact) mass is 406 g/mol. The zero-order valence-corrected chi connectivity index (χ0v) is 18.4. The molecule has 0 unspecified atom stereocenters. The number of carbonyl (C=O) groups is 1. The maximum Gasteiger partial charge on any atom is 0.355 e. The van der Waals surface area contributed by atoms with Crippen LogP contribution in [0.4, 0.5) is 11.4 Å². The van der Waals surface area contributed by atoms with Crippen LogP contribution in [0, 0.1) is 0 Å². The van der Waals surface area contributed by atoms with Gasteiger partial charge in [-0.25, -0.2) is 4.79 Å². The van der Waals surface area contributed by atoms with Crippen LogP contribution in [0.3, 0.4) is 0 Å². The van der Waals surface area contributed by atoms with Gasteiger partial charge in [0.05, 0.1) is 12.1 Å². The molecule has 0 bridgehead atoms. The maximum absolute atomic E-state index is 11.7. The second kappa shape index (κ2) is 17.0. The Morgan fingerprint density at radius 2 is 1.24 bits per heavy atom. The van der Waals surface area contributed by atoms with E-state index in [-0.39, 0.29) is 5.97 Å². The summed E-state index contributed by atoms with van der Waals surface area (Å²) >= 11 is 0. The van der Waals surface area contributed by atoms with Crippen molar-refractivity contribution >= 4 is 17.3 Å². The van der Waals surface area contributed by atoms with Gasteiger partial charge < -0.3 is 11.5 Å². The van der Waals surface area contributed by atoms with Gasteiger partial charge in [0, 0.05) is 5.69 Å². The van der Waals surface area contributed by atoms with E-state index in [9.17, 15) is 4.79 Å². The lowest BCUT2D eigenvalue weighted by Gasteiger charge is -2.07. The smallest absolute Gasteiger partial charge is 0.355 e. The second-order valence-electron chi connectivity index (χ2n) is 8.04. The van der Waals surface area contributed by atoms with Gasteiger partial charge in [0.15, 0.2) is 0 Å². The molecule has 0 heterocycles. The van der Waals surface area contributed by atoms with Crippen molar-refractivity contribution in [1.29, 1.82) is 0 Å². The van der Waals surface area contributed by atoms with Gasteiger partial charge in [-0.05, 0) is 24.6 Å². The van der Waals surface area contributed by atoms with Gasteiger partial charge >= 0.3 is 5.97 Å². The fourth-order valence-electron chi connectivity index (χ4n) is 3.42. The number of rotatable bonds is 18. The highest BCUT2D eigenvalue weighted by atomic mass is 17.2. The van der Waals surface area contributed by atoms with Crippen LogP contribution < -0.4 is 16.4 Å². The molecule has 166 valence electrons. The first-order valence-corrected chi connectivity index (χ1v) is 11.7. The number of hydrogen-bond donors (Lipinski definition) is 2. The first kappa shape index (κ1) is 25.1. The van der Waals surface area contributed by atoms with Crippen LogP contribution in [0.1, 0.15) is 110 Å². The Labute approximate surface area is 177 Å². The molecule has 5 heteroatoms. The van der Waals surface area contributed by atoms with Crippen LogP contribution in [0.2, 0.25) is 0 Å². The van der Waals surface area contributed by atoms with Crippen molar-refractivity contribution in [1.82, 2.24) is 0 Å². The molecule has 0 fully saturated rings. The highest BCUT2D eigenvalue weighted by molar-refractivity contribution is 5.69. The molecule has 0 radical (unpaired) electrons. The largest absolute Gasteiger partial charge is 0.399 e. The Bertz CT molecular complexity index is 549. The zero-order chi connectivity index (χ0) is 21.2. The molecule has 0 aliphatic heterocycles. The Morgan fingerprint density at radius 3 is 1.72 bits per heavy atom. The minimum Gasteiger partial charge on any atom is -0.399 e. The number of hydrogen-bond acceptors (Lipinski definition) is 5. The second-order valence-corrected chi connectivity index (χ2v) is 8.04. The number of nitrogen functional groups attached to an aromatic ring is 2. The van der Waals surface area contributed by atoms with Crippen molar-refractivity contribution in [3.63, 3.8) is 0 Å². The number of carbonyl (C=O) groups excluding carboxylic acids is 1. The van der Waals surface area contributed by atoms with Crippen molar-refractivity contribution in [2.45, 2.75) is 110 Å². The first-order chi connectivity index (χ1) is 14.1. The van der Waals surface area contributed by atoms with Crippen molar-refractivity contribution in [3.05, 3.63) is 18.2 Å². The highest BCUT2D eigenvalue weighted by Crippen LogP contribution is 2.23. The van der Waals surface area contributed by atoms with E-state index >= 15 is 0 Å². The van der Waals surface area contributed by atoms with Crippen LogP contribution in [0.15, 0.2) is 18.2 Å². The predicted molar refractivity (Wildman–Crippen MR) is 122 cm³/mol. The molecule has 0 saturated carbocycles. The molecule has 0 aromatic heterocycles. The standard InChI is InChI=1S/C24H42N2O3/c1-2-3-4-5-6-7-8-9-10-11-12-13-14-15-16-17-24(27)29-28-23-19-18-21(25)20-22(23)26/h18-20H,2-17,25-26H2,1H3. The van der Waals surface area contributed by atoms with Crippen LogP contribution in [0.25, 0.3) is 0 Å². The van der Waals surface area contributed by atoms with E-state index in [1.54, 1.807) is 18.2 Å². The maximum atomic E-state index is 11.7. The molecule has 5 nitrogen and oxygen atoms in total. The van der Waals surface area contributed by atoms with E-state index in [0.717, 1.165) is 12.8 Å². The van der Waals surface area contributed by atoms with E-state index < -0.39 is 0 Å². The molecule has 4 N–H and O–H groups in total. The Morgan fingerprint density at radius 1 is 0.759 bits per heavy atom. The van der Waals surface area contributed by atoms with Crippen LogP contribution in [-0.2, 0) is 9.68 Å². The molecule has 0 aliphatic rings. The summed E-state index contributed by atoms with van der Waals surface area (Å²) in [6.45, 7) is 2.27. The fourth-order valence-corrected chi connectivity index (χ4v) is 3.42. The molecule has 1 aromatic carbocycles. The molecule has 1 aromatic rings. The minimum absolute atomic E-state index is 0.309. The van der Waals surface area contributed by atoms with Gasteiger partial charge in [-0.2, -0.15) is 0 Å². The summed E-state index contributed by atoms with van der Waals surface area (Å²) in [7, 11) is 0. The van der Waals surface area contributed by atoms with Crippen LogP contribution in [-0.4, -0.2) is 5.97 Å². The summed E-state index contributed by atoms with van der Waals surface area (Å²) in [4.78, 5) is 21.5. The summed E-state index contributed by atoms with van der Waals surface area (Å²) in [5, 5.41) is 0. The summed E-state index contributed by atoms with van der Waals surface area (Å²) in [6.07, 6.45) is 19.9. The van der Waals surface area contributed by atoms with Gasteiger partial charge in [0.1, 0.15) is 0 Å². The molecular weight excluding hydrogens is 364 g/mol. The normalized spacial score (nSPS) is 10.8. The van der Waals surface area contributed by atoms with Gasteiger partial charge in [0.25, 0.3) is 0 Å². The van der Waals surface area contributed by atoms with E-state index in [2.05, 4.69) is 6.92 Å². The summed E-state index contributed by atoms with van der Waals surface area (Å²) in [5.41, 5.74) is 12.2. The fraction of sp³-hybridized carbons (Fsp3) is 0.708. The van der Waals surface area contributed by atoms with Crippen LogP contribution in [0.5, 0.6) is 5.75 Å². The number of nitrogens with two attached hydrogens (primary N) is 2. The van der Waals surface area contributed by atoms with Crippen molar-refractivity contribution in [2.75, 3.05) is 11.5 Å². The Hall–Kier alpha value is -1.91. The van der Waals surface area contributed by atoms with E-state index in [4.69, 9.17) is 21.2 Å². The zero-order valence-electron chi connectivity index (χ0n) is 18.4. The lowest BCUT2D eigenvalue weighted by atomic mass is 10.0. The van der Waals surface area contributed by atoms with Gasteiger partial charge in [-0.1, -0.05) is 96.8 Å². The molecule has 0 saturated heterocycles. The predicted octanol–water partition coefficient (Wildman–Crippen LogP) is 6.95. The third-order valence-electron chi connectivity index (χ3n) is 5.24. The van der Waals surface area contributed by atoms with Crippen LogP contribution >= 0.6 is 0 Å². The van der Waals surface area contributed by atoms with E-state index in [0.29, 0.717) is 23.5 Å². The van der Waals surface area contributed by atoms with Crippen molar-refractivity contribution in [2.24, 2.45) is 0 Å². The lowest BCUT2D eigenvalue weighted by molar-refractivity contribution is -0.213. The van der Waals surface area contributed by atoms with Crippen molar-refractivity contribution < 1.29 is 14.6 Å². The van der Waals surface area contributed by atoms with Gasteiger partial charge in [0.2, 0.25) is 5.75 Å². The molecule has 0 spiro atoms. The van der Waals surface area contributed by atoms with Gasteiger partial charge in [-0.3, -0.25) is 9.78 Å². The number of benzene rings is 1. The highest BCUT2D eigenvalue weighted by Gasteiger charge is 2.07. The SMILES string of the molecule is CCCCCCCCCCCCCCCCCC(=O)OOc1ccc(N)cc1N. The molecule has 0 amide bonds. The van der Waals surface area contributed by atoms with Gasteiger partial charge in [-0.15, -0.1) is 0 Å². The average molecular weight is 407 g/mol. The molecule has 0 aliphatic carbocycles. The Kier molecular flexibility index (Phi) is 14.7. The third kappa shape index (κ3) is 13.8. The quantitative estimate of drug-likeness (QED) is 0.119. The Balaban J connectivity index is 1.85. The van der Waals surface area contributed by atoms with E-state index in [1.165, 1.54) is 83.5 Å². The third-order valence-corrected chi connectivity index (χ3v) is 5.24. The summed E-state index contributed by atoms with van der Waals surface area (Å²) in [5.74, 6) is -0.0556. The summed E-state index contributed by atoms with van der Waals surface area (Å²) in [6, 6.07) is 4.80. The average Bonchev–Trinajstić information content (AvgIpc) is 2.70. The number of anilines is 2. The topological polar surface area (TPSA) is 87.6 Å². The molecule has 1 rings (SSSR count). The minimum atomic E-state index is -0.365. The molecular formula is C24H42N2O3. The molecule has 29 heavy (non-hydrogen) atoms. The van der Waals surface area contributed by atoms with E-state index in [1.807, 2.05) is 0 Å². The number of unbranched alkanes of at least 4 members (excludes halogenated alkanes) is 14. The lowest BCUT2D eigenvalue weighted by Crippen LogP contribution is -2.08.